The normalized spacial score (nSPS) is 11.1. The molecule has 1 amide bonds. The molecule has 1 N–H and O–H groups in total. The topological polar surface area (TPSA) is 29.1 Å². The second-order valence-corrected chi connectivity index (χ2v) is 2.99. The zero-order chi connectivity index (χ0) is 10.4. The van der Waals surface area contributed by atoms with Gasteiger partial charge in [-0.3, -0.25) is 4.79 Å². The number of rotatable bonds is 3. The van der Waals surface area contributed by atoms with Crippen LogP contribution in [0.1, 0.15) is 30.6 Å². The van der Waals surface area contributed by atoms with E-state index in [1.165, 1.54) is 0 Å². The van der Waals surface area contributed by atoms with Gasteiger partial charge in [0, 0.05) is 11.3 Å². The van der Waals surface area contributed by atoms with Gasteiger partial charge in [0.1, 0.15) is 0 Å². The highest BCUT2D eigenvalue weighted by atomic mass is 16.1. The second kappa shape index (κ2) is 5.22. The Labute approximate surface area is 84.6 Å². The first kappa shape index (κ1) is 10.5. The van der Waals surface area contributed by atoms with Crippen molar-refractivity contribution < 1.29 is 4.79 Å². The standard InChI is InChI=1S/C12H15NO/c1-3-11(4-2)13-12(14)10-8-6-5-7-9-10/h3,5-9H,4H2,1-2H3,(H,13,14). The van der Waals surface area contributed by atoms with Gasteiger partial charge in [-0.2, -0.15) is 0 Å². The van der Waals surface area contributed by atoms with E-state index in [-0.39, 0.29) is 5.91 Å². The zero-order valence-electron chi connectivity index (χ0n) is 8.58. The van der Waals surface area contributed by atoms with Crippen LogP contribution in [0.3, 0.4) is 0 Å². The van der Waals surface area contributed by atoms with E-state index >= 15 is 0 Å². The molecule has 0 atom stereocenters. The Kier molecular flexibility index (Phi) is 3.92. The molecule has 0 aromatic heterocycles. The summed E-state index contributed by atoms with van der Waals surface area (Å²) in [4.78, 5) is 11.6. The van der Waals surface area contributed by atoms with Crippen molar-refractivity contribution in [1.82, 2.24) is 5.32 Å². The molecule has 0 unspecified atom stereocenters. The second-order valence-electron chi connectivity index (χ2n) is 2.99. The minimum Gasteiger partial charge on any atom is -0.326 e. The molecule has 0 spiro atoms. The largest absolute Gasteiger partial charge is 0.326 e. The number of hydrogen-bond donors (Lipinski definition) is 1. The van der Waals surface area contributed by atoms with E-state index in [0.29, 0.717) is 5.56 Å². The van der Waals surface area contributed by atoms with Crippen molar-refractivity contribution in [3.05, 3.63) is 47.7 Å². The van der Waals surface area contributed by atoms with Gasteiger partial charge in [-0.15, -0.1) is 0 Å². The predicted molar refractivity (Wildman–Crippen MR) is 58.0 cm³/mol. The van der Waals surface area contributed by atoms with Gasteiger partial charge in [-0.05, 0) is 25.5 Å². The van der Waals surface area contributed by atoms with E-state index in [9.17, 15) is 4.79 Å². The molecule has 0 heterocycles. The molecule has 0 bridgehead atoms. The van der Waals surface area contributed by atoms with E-state index in [0.717, 1.165) is 12.1 Å². The van der Waals surface area contributed by atoms with E-state index in [1.807, 2.05) is 38.1 Å². The van der Waals surface area contributed by atoms with Crippen LogP contribution in [0.4, 0.5) is 0 Å². The molecule has 1 aromatic rings. The Hall–Kier alpha value is -1.57. The quantitative estimate of drug-likeness (QED) is 0.778. The average molecular weight is 189 g/mol. The zero-order valence-corrected chi connectivity index (χ0v) is 8.58. The molecule has 0 saturated carbocycles. The maximum Gasteiger partial charge on any atom is 0.255 e. The Morgan fingerprint density at radius 3 is 2.50 bits per heavy atom. The summed E-state index contributed by atoms with van der Waals surface area (Å²) < 4.78 is 0. The Bertz CT molecular complexity index is 327. The van der Waals surface area contributed by atoms with Gasteiger partial charge < -0.3 is 5.32 Å². The SMILES string of the molecule is CC=C(CC)NC(=O)c1ccccc1. The molecule has 74 valence electrons. The van der Waals surface area contributed by atoms with E-state index in [4.69, 9.17) is 0 Å². The molecular formula is C12H15NO. The van der Waals surface area contributed by atoms with Crippen LogP contribution in [0.5, 0.6) is 0 Å². The average Bonchev–Trinajstić information content (AvgIpc) is 2.26. The maximum absolute atomic E-state index is 11.6. The van der Waals surface area contributed by atoms with Crippen molar-refractivity contribution in [3.8, 4) is 0 Å². The third-order valence-electron chi connectivity index (χ3n) is 2.04. The highest BCUT2D eigenvalue weighted by molar-refractivity contribution is 5.95. The molecule has 0 fully saturated rings. The first-order valence-electron chi connectivity index (χ1n) is 4.79. The smallest absolute Gasteiger partial charge is 0.255 e. The summed E-state index contributed by atoms with van der Waals surface area (Å²) in [7, 11) is 0. The van der Waals surface area contributed by atoms with Gasteiger partial charge in [0.15, 0.2) is 0 Å². The number of carbonyl (C=O) groups is 1. The monoisotopic (exact) mass is 189 g/mol. The summed E-state index contributed by atoms with van der Waals surface area (Å²) in [6.45, 7) is 3.94. The number of nitrogens with one attached hydrogen (secondary N) is 1. The molecule has 0 radical (unpaired) electrons. The van der Waals surface area contributed by atoms with Crippen LogP contribution in [0.2, 0.25) is 0 Å². The highest BCUT2D eigenvalue weighted by Crippen LogP contribution is 2.01. The lowest BCUT2D eigenvalue weighted by Gasteiger charge is -2.06. The van der Waals surface area contributed by atoms with Gasteiger partial charge in [-0.1, -0.05) is 31.2 Å². The van der Waals surface area contributed by atoms with Crippen LogP contribution in [0.15, 0.2) is 42.1 Å². The van der Waals surface area contributed by atoms with Crippen LogP contribution in [-0.4, -0.2) is 5.91 Å². The molecule has 0 aliphatic rings. The van der Waals surface area contributed by atoms with Crippen LogP contribution in [0.25, 0.3) is 0 Å². The van der Waals surface area contributed by atoms with Crippen LogP contribution in [0, 0.1) is 0 Å². The van der Waals surface area contributed by atoms with Gasteiger partial charge in [-0.25, -0.2) is 0 Å². The van der Waals surface area contributed by atoms with Gasteiger partial charge >= 0.3 is 0 Å². The molecule has 0 saturated heterocycles. The predicted octanol–water partition coefficient (Wildman–Crippen LogP) is 2.73. The summed E-state index contributed by atoms with van der Waals surface area (Å²) in [6, 6.07) is 9.22. The van der Waals surface area contributed by atoms with Crippen molar-refractivity contribution in [2.75, 3.05) is 0 Å². The lowest BCUT2D eigenvalue weighted by molar-refractivity contribution is 0.0964. The number of allylic oxidation sites excluding steroid dienone is 2. The molecule has 0 aliphatic heterocycles. The summed E-state index contributed by atoms with van der Waals surface area (Å²) >= 11 is 0. The lowest BCUT2D eigenvalue weighted by atomic mass is 10.2. The minimum absolute atomic E-state index is 0.0412. The number of benzene rings is 1. The maximum atomic E-state index is 11.6. The molecule has 2 nitrogen and oxygen atoms in total. The van der Waals surface area contributed by atoms with Crippen molar-refractivity contribution >= 4 is 5.91 Å². The first-order chi connectivity index (χ1) is 6.77. The summed E-state index contributed by atoms with van der Waals surface area (Å²) in [5.74, 6) is -0.0412. The van der Waals surface area contributed by atoms with E-state index in [1.54, 1.807) is 12.1 Å². The highest BCUT2D eigenvalue weighted by Gasteiger charge is 2.04. The molecular weight excluding hydrogens is 174 g/mol. The summed E-state index contributed by atoms with van der Waals surface area (Å²) in [6.07, 6.45) is 2.76. The van der Waals surface area contributed by atoms with Crippen molar-refractivity contribution in [2.24, 2.45) is 0 Å². The van der Waals surface area contributed by atoms with E-state index in [2.05, 4.69) is 5.32 Å². The third kappa shape index (κ3) is 2.73. The Morgan fingerprint density at radius 1 is 1.36 bits per heavy atom. The van der Waals surface area contributed by atoms with Gasteiger partial charge in [0.05, 0.1) is 0 Å². The summed E-state index contributed by atoms with van der Waals surface area (Å²) in [5.41, 5.74) is 1.65. The third-order valence-corrected chi connectivity index (χ3v) is 2.04. The Balaban J connectivity index is 2.68. The van der Waals surface area contributed by atoms with Gasteiger partial charge in [0.25, 0.3) is 5.91 Å². The van der Waals surface area contributed by atoms with Crippen LogP contribution >= 0.6 is 0 Å². The molecule has 1 rings (SSSR count). The summed E-state index contributed by atoms with van der Waals surface area (Å²) in [5, 5.41) is 2.85. The molecule has 0 aliphatic carbocycles. The van der Waals surface area contributed by atoms with Crippen molar-refractivity contribution in [3.63, 3.8) is 0 Å². The van der Waals surface area contributed by atoms with Crippen molar-refractivity contribution in [2.45, 2.75) is 20.3 Å². The van der Waals surface area contributed by atoms with Crippen LogP contribution in [-0.2, 0) is 0 Å². The minimum atomic E-state index is -0.0412. The molecule has 14 heavy (non-hydrogen) atoms. The Morgan fingerprint density at radius 2 is 2.00 bits per heavy atom. The molecule has 1 aromatic carbocycles. The van der Waals surface area contributed by atoms with Crippen LogP contribution < -0.4 is 5.32 Å². The van der Waals surface area contributed by atoms with Crippen molar-refractivity contribution in [1.29, 1.82) is 0 Å². The van der Waals surface area contributed by atoms with E-state index < -0.39 is 0 Å². The van der Waals surface area contributed by atoms with Gasteiger partial charge in [0.2, 0.25) is 0 Å². The lowest BCUT2D eigenvalue weighted by Crippen LogP contribution is -2.22. The first-order valence-corrected chi connectivity index (χ1v) is 4.79. The number of carbonyl (C=O) groups excluding carboxylic acids is 1. The fourth-order valence-corrected chi connectivity index (χ4v) is 1.17. The molecule has 2 heteroatoms. The fraction of sp³-hybridized carbons (Fsp3) is 0.250. The fourth-order valence-electron chi connectivity index (χ4n) is 1.17. The number of hydrogen-bond acceptors (Lipinski definition) is 1. The number of amides is 1.